The molecule has 1 rings (SSSR count). The number of aryl methyl sites for hydroxylation is 1. The Hall–Kier alpha value is -1.38. The van der Waals surface area contributed by atoms with Crippen molar-refractivity contribution in [1.29, 1.82) is 0 Å². The number of imidazole rings is 1. The summed E-state index contributed by atoms with van der Waals surface area (Å²) in [5, 5.41) is 0. The van der Waals surface area contributed by atoms with Crippen LogP contribution in [0.5, 0.6) is 0 Å². The highest BCUT2D eigenvalue weighted by atomic mass is 16.1. The van der Waals surface area contributed by atoms with Crippen molar-refractivity contribution in [3.63, 3.8) is 0 Å². The molecule has 15 heavy (non-hydrogen) atoms. The molecule has 0 amide bonds. The number of carbonyl (C=O) groups is 1. The van der Waals surface area contributed by atoms with Gasteiger partial charge in [0.15, 0.2) is 0 Å². The predicted octanol–water partition coefficient (Wildman–Crippen LogP) is 2.28. The molecule has 1 heterocycles. The number of hydrogen-bond donors (Lipinski definition) is 0. The fourth-order valence-corrected chi connectivity index (χ4v) is 1.36. The fraction of sp³-hybridized carbons (Fsp3) is 0.500. The third kappa shape index (κ3) is 4.11. The van der Waals surface area contributed by atoms with Crippen molar-refractivity contribution in [2.75, 3.05) is 0 Å². The molecule has 3 heteroatoms. The van der Waals surface area contributed by atoms with E-state index in [4.69, 9.17) is 0 Å². The lowest BCUT2D eigenvalue weighted by molar-refractivity contribution is -0.118. The smallest absolute Gasteiger partial charge is 0.140 e. The molecule has 0 saturated carbocycles. The quantitative estimate of drug-likeness (QED) is 0.669. The average molecular weight is 206 g/mol. The van der Waals surface area contributed by atoms with Gasteiger partial charge in [-0.2, -0.15) is 0 Å². The second-order valence-corrected chi connectivity index (χ2v) is 3.59. The molecule has 82 valence electrons. The van der Waals surface area contributed by atoms with Crippen LogP contribution in [0.15, 0.2) is 24.5 Å². The van der Waals surface area contributed by atoms with E-state index < -0.39 is 0 Å². The molecule has 3 nitrogen and oxygen atoms in total. The van der Waals surface area contributed by atoms with Gasteiger partial charge in [0.2, 0.25) is 0 Å². The van der Waals surface area contributed by atoms with Crippen molar-refractivity contribution >= 4 is 5.78 Å². The van der Waals surface area contributed by atoms with Gasteiger partial charge in [-0.15, -0.1) is 0 Å². The average Bonchev–Trinajstić information content (AvgIpc) is 2.59. The van der Waals surface area contributed by atoms with Crippen LogP contribution < -0.4 is 0 Å². The van der Waals surface area contributed by atoms with E-state index in [1.54, 1.807) is 6.20 Å². The Bertz CT molecular complexity index is 339. The van der Waals surface area contributed by atoms with Crippen molar-refractivity contribution in [2.45, 2.75) is 32.6 Å². The first-order valence-corrected chi connectivity index (χ1v) is 5.37. The zero-order chi connectivity index (χ0) is 11.1. The van der Waals surface area contributed by atoms with Crippen molar-refractivity contribution in [3.05, 3.63) is 30.4 Å². The summed E-state index contributed by atoms with van der Waals surface area (Å²) in [4.78, 5) is 15.7. The van der Waals surface area contributed by atoms with Crippen molar-refractivity contribution in [1.82, 2.24) is 9.55 Å². The van der Waals surface area contributed by atoms with Crippen LogP contribution in [0, 0.1) is 0 Å². The third-order valence-corrected chi connectivity index (χ3v) is 2.27. The maximum absolute atomic E-state index is 11.5. The molecule has 0 bridgehead atoms. The van der Waals surface area contributed by atoms with Gasteiger partial charge in [0.05, 0.1) is 6.42 Å². The SMILES string of the molecule is CC/C=C\CCC(=O)Cc1nccn1C. The second-order valence-electron chi connectivity index (χ2n) is 3.59. The maximum Gasteiger partial charge on any atom is 0.140 e. The first-order chi connectivity index (χ1) is 7.24. The van der Waals surface area contributed by atoms with Gasteiger partial charge in [-0.05, 0) is 12.8 Å². The second kappa shape index (κ2) is 6.17. The van der Waals surface area contributed by atoms with E-state index in [0.717, 1.165) is 18.7 Å². The lowest BCUT2D eigenvalue weighted by Gasteiger charge is -1.99. The molecule has 0 aliphatic rings. The van der Waals surface area contributed by atoms with Crippen molar-refractivity contribution in [2.24, 2.45) is 7.05 Å². The summed E-state index contributed by atoms with van der Waals surface area (Å²) in [5.41, 5.74) is 0. The molecule has 0 atom stereocenters. The normalized spacial score (nSPS) is 11.1. The molecular formula is C12H18N2O. The molecular weight excluding hydrogens is 188 g/mol. The molecule has 1 aromatic heterocycles. The highest BCUT2D eigenvalue weighted by Crippen LogP contribution is 2.01. The zero-order valence-electron chi connectivity index (χ0n) is 9.44. The Kier molecular flexibility index (Phi) is 4.81. The van der Waals surface area contributed by atoms with Crippen LogP contribution in [0.2, 0.25) is 0 Å². The third-order valence-electron chi connectivity index (χ3n) is 2.27. The summed E-state index contributed by atoms with van der Waals surface area (Å²) in [7, 11) is 1.91. The molecule has 0 N–H and O–H groups in total. The molecule has 0 fully saturated rings. The van der Waals surface area contributed by atoms with Crippen LogP contribution >= 0.6 is 0 Å². The molecule has 0 radical (unpaired) electrons. The molecule has 1 aromatic rings. The predicted molar refractivity (Wildman–Crippen MR) is 60.6 cm³/mol. The molecule has 0 saturated heterocycles. The minimum absolute atomic E-state index is 0.255. The van der Waals surface area contributed by atoms with Gasteiger partial charge in [0, 0.05) is 25.9 Å². The largest absolute Gasteiger partial charge is 0.338 e. The van der Waals surface area contributed by atoms with Crippen LogP contribution in [-0.4, -0.2) is 15.3 Å². The Labute approximate surface area is 90.8 Å². The van der Waals surface area contributed by atoms with E-state index in [-0.39, 0.29) is 5.78 Å². The molecule has 0 spiro atoms. The highest BCUT2D eigenvalue weighted by molar-refractivity contribution is 5.80. The minimum Gasteiger partial charge on any atom is -0.338 e. The summed E-state index contributed by atoms with van der Waals surface area (Å²) < 4.78 is 1.89. The van der Waals surface area contributed by atoms with E-state index in [1.165, 1.54) is 0 Å². The van der Waals surface area contributed by atoms with E-state index in [2.05, 4.69) is 24.1 Å². The lowest BCUT2D eigenvalue weighted by Crippen LogP contribution is -2.07. The summed E-state index contributed by atoms with van der Waals surface area (Å²) in [6, 6.07) is 0. The highest BCUT2D eigenvalue weighted by Gasteiger charge is 2.05. The number of allylic oxidation sites excluding steroid dienone is 2. The molecule has 0 aromatic carbocycles. The summed E-state index contributed by atoms with van der Waals surface area (Å²) >= 11 is 0. The van der Waals surface area contributed by atoms with Crippen LogP contribution in [0.4, 0.5) is 0 Å². The topological polar surface area (TPSA) is 34.9 Å². The maximum atomic E-state index is 11.5. The van der Waals surface area contributed by atoms with Gasteiger partial charge in [-0.25, -0.2) is 4.98 Å². The van der Waals surface area contributed by atoms with Crippen LogP contribution in [0.3, 0.4) is 0 Å². The number of hydrogen-bond acceptors (Lipinski definition) is 2. The van der Waals surface area contributed by atoms with Gasteiger partial charge < -0.3 is 4.57 Å². The lowest BCUT2D eigenvalue weighted by atomic mass is 10.1. The van der Waals surface area contributed by atoms with E-state index in [9.17, 15) is 4.79 Å². The number of rotatable bonds is 6. The van der Waals surface area contributed by atoms with Crippen molar-refractivity contribution < 1.29 is 4.79 Å². The Morgan fingerprint density at radius 2 is 2.33 bits per heavy atom. The minimum atomic E-state index is 0.255. The first kappa shape index (κ1) is 11.7. The number of aromatic nitrogens is 2. The number of ketones is 1. The Balaban J connectivity index is 2.31. The van der Waals surface area contributed by atoms with Gasteiger partial charge in [-0.3, -0.25) is 4.79 Å². The summed E-state index contributed by atoms with van der Waals surface area (Å²) in [6.45, 7) is 2.09. The summed E-state index contributed by atoms with van der Waals surface area (Å²) in [6.07, 6.45) is 10.7. The first-order valence-electron chi connectivity index (χ1n) is 5.37. The number of carbonyl (C=O) groups excluding carboxylic acids is 1. The zero-order valence-corrected chi connectivity index (χ0v) is 9.44. The van der Waals surface area contributed by atoms with Crippen LogP contribution in [-0.2, 0) is 18.3 Å². The van der Waals surface area contributed by atoms with Gasteiger partial charge in [-0.1, -0.05) is 19.1 Å². The summed E-state index contributed by atoms with van der Waals surface area (Å²) in [5.74, 6) is 1.10. The fourth-order valence-electron chi connectivity index (χ4n) is 1.36. The van der Waals surface area contributed by atoms with Gasteiger partial charge >= 0.3 is 0 Å². The van der Waals surface area contributed by atoms with Crippen LogP contribution in [0.25, 0.3) is 0 Å². The Morgan fingerprint density at radius 3 is 2.93 bits per heavy atom. The van der Waals surface area contributed by atoms with Crippen LogP contribution in [0.1, 0.15) is 32.0 Å². The van der Waals surface area contributed by atoms with Gasteiger partial charge in [0.1, 0.15) is 11.6 Å². The molecule has 0 aliphatic heterocycles. The van der Waals surface area contributed by atoms with Gasteiger partial charge in [0.25, 0.3) is 0 Å². The Morgan fingerprint density at radius 1 is 1.53 bits per heavy atom. The monoisotopic (exact) mass is 206 g/mol. The van der Waals surface area contributed by atoms with E-state index >= 15 is 0 Å². The molecule has 0 unspecified atom stereocenters. The van der Waals surface area contributed by atoms with E-state index in [1.807, 2.05) is 17.8 Å². The molecule has 0 aliphatic carbocycles. The standard InChI is InChI=1S/C12H18N2O/c1-3-4-5-6-7-11(15)10-12-13-8-9-14(12)2/h4-5,8-9H,3,6-7,10H2,1-2H3/b5-4-. The number of Topliss-reactive ketones (excluding diaryl/α,β-unsaturated/α-hetero) is 1. The van der Waals surface area contributed by atoms with Crippen molar-refractivity contribution in [3.8, 4) is 0 Å². The van der Waals surface area contributed by atoms with E-state index in [0.29, 0.717) is 12.8 Å². The number of nitrogens with zero attached hydrogens (tertiary/aromatic N) is 2.